The number of H-pyrrole nitrogens is 1. The second kappa shape index (κ2) is 18.1. The summed E-state index contributed by atoms with van der Waals surface area (Å²) in [6.07, 6.45) is 2.87. The summed E-state index contributed by atoms with van der Waals surface area (Å²) in [7, 11) is 0.759. The maximum absolute atomic E-state index is 15.9. The van der Waals surface area contributed by atoms with Crippen LogP contribution in [0.5, 0.6) is 11.5 Å². The van der Waals surface area contributed by atoms with Crippen LogP contribution in [0.25, 0.3) is 0 Å². The van der Waals surface area contributed by atoms with E-state index in [1.54, 1.807) is 13.2 Å². The Bertz CT molecular complexity index is 2430. The van der Waals surface area contributed by atoms with Gasteiger partial charge in [0.25, 0.3) is 0 Å². The Kier molecular flexibility index (Phi) is 13.3. The molecule has 5 aromatic rings. The number of aromatic amines is 1. The SMILES string of the molecule is COc1ccc(CN(C)CCC2CCN(c3nc(Sc4ccc(S(=O)(=O)C(C)(C)c5cc(Cl)cc([N+](=O)[O-])c5F)cc4F)nc(Nc4cc(C)[nH]n4)c3OC)CC2)cc1. The maximum Gasteiger partial charge on any atom is 0.306 e. The van der Waals surface area contributed by atoms with Gasteiger partial charge in [-0.3, -0.25) is 15.2 Å². The first-order valence-corrected chi connectivity index (χ1v) is 21.4. The van der Waals surface area contributed by atoms with Gasteiger partial charge in [0.05, 0.1) is 33.7 Å². The van der Waals surface area contributed by atoms with Gasteiger partial charge in [0.2, 0.25) is 11.6 Å². The zero-order valence-electron chi connectivity index (χ0n) is 33.4. The second-order valence-electron chi connectivity index (χ2n) is 14.8. The Morgan fingerprint density at radius 2 is 1.78 bits per heavy atom. The number of halogens is 3. The molecule has 2 N–H and O–H groups in total. The number of benzene rings is 3. The van der Waals surface area contributed by atoms with Crippen molar-refractivity contribution in [2.24, 2.45) is 5.92 Å². The van der Waals surface area contributed by atoms with E-state index in [0.29, 0.717) is 42.2 Å². The van der Waals surface area contributed by atoms with E-state index >= 15 is 8.78 Å². The van der Waals surface area contributed by atoms with Gasteiger partial charge in [0.15, 0.2) is 32.4 Å². The third-order valence-electron chi connectivity index (χ3n) is 10.4. The lowest BCUT2D eigenvalue weighted by Gasteiger charge is -2.34. The summed E-state index contributed by atoms with van der Waals surface area (Å²) in [6.45, 7) is 7.36. The van der Waals surface area contributed by atoms with Gasteiger partial charge in [-0.2, -0.15) is 9.49 Å². The van der Waals surface area contributed by atoms with Crippen molar-refractivity contribution in [1.82, 2.24) is 25.1 Å². The Hall–Kier alpha value is -5.04. The van der Waals surface area contributed by atoms with Crippen LogP contribution in [-0.4, -0.2) is 79.3 Å². The van der Waals surface area contributed by atoms with Crippen LogP contribution < -0.4 is 19.7 Å². The number of ether oxygens (including phenoxy) is 2. The fourth-order valence-electron chi connectivity index (χ4n) is 6.93. The van der Waals surface area contributed by atoms with Gasteiger partial charge < -0.3 is 24.6 Å². The lowest BCUT2D eigenvalue weighted by Crippen LogP contribution is -2.35. The minimum absolute atomic E-state index is 0.0153. The number of aromatic nitrogens is 4. The third-order valence-corrected chi connectivity index (χ3v) is 14.0. The number of nitro benzene ring substituents is 1. The van der Waals surface area contributed by atoms with E-state index in [4.69, 9.17) is 26.1 Å². The number of hydrogen-bond acceptors (Lipinski definition) is 13. The van der Waals surface area contributed by atoms with Crippen molar-refractivity contribution in [1.29, 1.82) is 0 Å². The number of methoxy groups -OCH3 is 2. The van der Waals surface area contributed by atoms with Gasteiger partial charge in [0, 0.05) is 48.0 Å². The van der Waals surface area contributed by atoms with Crippen molar-refractivity contribution in [2.75, 3.05) is 51.1 Å². The van der Waals surface area contributed by atoms with E-state index in [9.17, 15) is 18.5 Å². The van der Waals surface area contributed by atoms with Crippen molar-refractivity contribution >= 4 is 56.3 Å². The minimum Gasteiger partial charge on any atom is -0.497 e. The lowest BCUT2D eigenvalue weighted by atomic mass is 9.93. The fourth-order valence-corrected chi connectivity index (χ4v) is 9.43. The zero-order chi connectivity index (χ0) is 42.6. The summed E-state index contributed by atoms with van der Waals surface area (Å²) < 4.78 is 68.1. The first-order valence-electron chi connectivity index (χ1n) is 18.7. The Labute approximate surface area is 350 Å². The molecule has 1 saturated heterocycles. The molecule has 59 heavy (non-hydrogen) atoms. The highest BCUT2D eigenvalue weighted by Crippen LogP contribution is 2.43. The number of anilines is 3. The number of rotatable bonds is 16. The van der Waals surface area contributed by atoms with E-state index in [0.717, 1.165) is 73.8 Å². The van der Waals surface area contributed by atoms with Crippen LogP contribution in [0.3, 0.4) is 0 Å². The summed E-state index contributed by atoms with van der Waals surface area (Å²) in [5.41, 5.74) is 0.525. The fraction of sp³-hybridized carbons (Fsp3) is 0.375. The molecular formula is C40H45ClF2N8O6S2. The third kappa shape index (κ3) is 9.72. The van der Waals surface area contributed by atoms with Crippen molar-refractivity contribution in [3.63, 3.8) is 0 Å². The molecule has 0 spiro atoms. The molecule has 0 unspecified atom stereocenters. The molecule has 314 valence electrons. The highest BCUT2D eigenvalue weighted by Gasteiger charge is 2.42. The van der Waals surface area contributed by atoms with E-state index in [1.807, 2.05) is 19.1 Å². The van der Waals surface area contributed by atoms with Crippen LogP contribution >= 0.6 is 23.4 Å². The Morgan fingerprint density at radius 3 is 2.39 bits per heavy atom. The van der Waals surface area contributed by atoms with Gasteiger partial charge in [-0.15, -0.1) is 0 Å². The molecule has 19 heteroatoms. The molecule has 1 fully saturated rings. The standard InChI is InChI=1S/C40H45ClF2N8O6S2/c1-24-19-34(48-47-24)44-37-36(57-6)38(50-17-14-25(15-18-50)13-16-49(4)23-26-7-9-28(56-5)10-8-26)46-39(45-37)58-33-12-11-29(22-31(33)42)59(54,55)40(2,3)30-20-27(41)21-32(35(30)43)51(52)53/h7-12,19-22,25H,13-18,23H2,1-6H3,(H2,44,45,46,47,48). The van der Waals surface area contributed by atoms with E-state index < -0.39 is 47.3 Å². The molecule has 0 radical (unpaired) electrons. The quantitative estimate of drug-likeness (QED) is 0.0549. The van der Waals surface area contributed by atoms with Gasteiger partial charge in [0.1, 0.15) is 11.6 Å². The van der Waals surface area contributed by atoms with Crippen LogP contribution in [0.2, 0.25) is 5.02 Å². The van der Waals surface area contributed by atoms with Crippen molar-refractivity contribution in [3.8, 4) is 11.5 Å². The van der Waals surface area contributed by atoms with E-state index in [2.05, 4.69) is 49.5 Å². The number of nitro groups is 1. The normalized spacial score (nSPS) is 13.8. The van der Waals surface area contributed by atoms with Gasteiger partial charge in [-0.1, -0.05) is 23.7 Å². The number of hydrogen-bond donors (Lipinski definition) is 2. The number of nitrogens with zero attached hydrogens (tertiary/aromatic N) is 6. The van der Waals surface area contributed by atoms with Crippen molar-refractivity contribution < 1.29 is 31.6 Å². The highest BCUT2D eigenvalue weighted by molar-refractivity contribution is 7.99. The molecule has 1 aliphatic rings. The molecule has 0 atom stereocenters. The predicted molar refractivity (Wildman–Crippen MR) is 223 cm³/mol. The molecule has 3 aromatic carbocycles. The van der Waals surface area contributed by atoms with Gasteiger partial charge in [-0.05, 0) is 113 Å². The summed E-state index contributed by atoms with van der Waals surface area (Å²) in [6, 6.07) is 15.0. The first kappa shape index (κ1) is 43.5. The Morgan fingerprint density at radius 1 is 1.07 bits per heavy atom. The highest BCUT2D eigenvalue weighted by atomic mass is 35.5. The summed E-state index contributed by atoms with van der Waals surface area (Å²) in [5, 5.41) is 21.7. The van der Waals surface area contributed by atoms with Crippen LogP contribution in [0.1, 0.15) is 49.9 Å². The van der Waals surface area contributed by atoms with Crippen LogP contribution in [0.4, 0.5) is 31.9 Å². The largest absolute Gasteiger partial charge is 0.497 e. The molecule has 1 aliphatic heterocycles. The van der Waals surface area contributed by atoms with E-state index in [1.165, 1.54) is 38.7 Å². The number of sulfone groups is 1. The van der Waals surface area contributed by atoms with Crippen molar-refractivity contribution in [3.05, 3.63) is 104 Å². The number of nitrogens with one attached hydrogen (secondary N) is 2. The molecule has 6 rings (SSSR count). The molecule has 0 aliphatic carbocycles. The summed E-state index contributed by atoms with van der Waals surface area (Å²) >= 11 is 6.90. The number of aryl methyl sites for hydroxylation is 1. The monoisotopic (exact) mass is 870 g/mol. The minimum atomic E-state index is -4.54. The topological polar surface area (TPSA) is 169 Å². The maximum atomic E-state index is 15.9. The second-order valence-corrected chi connectivity index (χ2v) is 18.8. The predicted octanol–water partition coefficient (Wildman–Crippen LogP) is 8.71. The smallest absolute Gasteiger partial charge is 0.306 e. The zero-order valence-corrected chi connectivity index (χ0v) is 35.8. The molecule has 3 heterocycles. The van der Waals surface area contributed by atoms with E-state index in [-0.39, 0.29) is 15.1 Å². The Balaban J connectivity index is 1.22. The first-order chi connectivity index (χ1) is 28.0. The molecule has 0 amide bonds. The molecule has 0 saturated carbocycles. The molecule has 0 bridgehead atoms. The average Bonchev–Trinajstić information content (AvgIpc) is 3.62. The molecule has 14 nitrogen and oxygen atoms in total. The van der Waals surface area contributed by atoms with Crippen LogP contribution in [0.15, 0.2) is 75.6 Å². The van der Waals surface area contributed by atoms with Crippen LogP contribution in [0, 0.1) is 34.6 Å². The lowest BCUT2D eigenvalue weighted by molar-refractivity contribution is -0.387. The summed E-state index contributed by atoms with van der Waals surface area (Å²) in [4.78, 5) is 24.0. The average molecular weight is 871 g/mol. The molecular weight excluding hydrogens is 826 g/mol. The molecule has 2 aromatic heterocycles. The van der Waals surface area contributed by atoms with Crippen molar-refractivity contribution in [2.45, 2.75) is 66.3 Å². The van der Waals surface area contributed by atoms with Crippen LogP contribution in [-0.2, 0) is 21.1 Å². The number of piperidine rings is 1. The van der Waals surface area contributed by atoms with Gasteiger partial charge in [-0.25, -0.2) is 22.8 Å². The summed E-state index contributed by atoms with van der Waals surface area (Å²) in [5.74, 6) is 0.739. The van der Waals surface area contributed by atoms with Gasteiger partial charge >= 0.3 is 5.69 Å².